The van der Waals surface area contributed by atoms with E-state index in [1.54, 1.807) is 6.07 Å². The van der Waals surface area contributed by atoms with Crippen LogP contribution in [0.3, 0.4) is 0 Å². The van der Waals surface area contributed by atoms with E-state index < -0.39 is 6.10 Å². The summed E-state index contributed by atoms with van der Waals surface area (Å²) in [6.45, 7) is 2.85. The number of likely N-dealkylation sites (N-methyl/N-ethyl adjacent to an activating group) is 2. The van der Waals surface area contributed by atoms with Gasteiger partial charge < -0.3 is 10.0 Å². The average molecular weight is 331 g/mol. The van der Waals surface area contributed by atoms with E-state index in [1.165, 1.54) is 12.1 Å². The minimum Gasteiger partial charge on any atom is -0.391 e. The molecule has 1 saturated heterocycles. The molecule has 106 valence electrons. The molecule has 2 unspecified atom stereocenters. The maximum Gasteiger partial charge on any atom is 0.124 e. The lowest BCUT2D eigenvalue weighted by atomic mass is 9.99. The van der Waals surface area contributed by atoms with E-state index in [0.717, 1.165) is 29.7 Å². The Morgan fingerprint density at radius 1 is 1.42 bits per heavy atom. The second-order valence-electron chi connectivity index (χ2n) is 5.32. The summed E-state index contributed by atoms with van der Waals surface area (Å²) in [6.07, 6.45) is 0.0819. The van der Waals surface area contributed by atoms with Crippen LogP contribution >= 0.6 is 15.9 Å². The molecule has 1 heterocycles. The molecule has 1 aromatic rings. The largest absolute Gasteiger partial charge is 0.391 e. The topological polar surface area (TPSA) is 26.7 Å². The molecule has 1 aromatic carbocycles. The van der Waals surface area contributed by atoms with Crippen molar-refractivity contribution in [2.24, 2.45) is 0 Å². The Bertz CT molecular complexity index is 443. The van der Waals surface area contributed by atoms with Crippen molar-refractivity contribution in [3.8, 4) is 0 Å². The zero-order valence-corrected chi connectivity index (χ0v) is 12.9. The van der Waals surface area contributed by atoms with E-state index in [-0.39, 0.29) is 11.9 Å². The highest BCUT2D eigenvalue weighted by atomic mass is 79.9. The molecule has 19 heavy (non-hydrogen) atoms. The van der Waals surface area contributed by atoms with E-state index in [0.29, 0.717) is 6.42 Å². The first-order valence-electron chi connectivity index (χ1n) is 6.48. The minimum atomic E-state index is -0.450. The van der Waals surface area contributed by atoms with Crippen LogP contribution in [0, 0.1) is 5.82 Å². The predicted octanol–water partition coefficient (Wildman–Crippen LogP) is 1.74. The number of nitrogens with zero attached hydrogens (tertiary/aromatic N) is 2. The fourth-order valence-electron chi connectivity index (χ4n) is 2.51. The molecule has 0 aromatic heterocycles. The van der Waals surface area contributed by atoms with E-state index in [9.17, 15) is 9.50 Å². The number of benzene rings is 1. The maximum absolute atomic E-state index is 13.0. The lowest BCUT2D eigenvalue weighted by Gasteiger charge is -2.40. The lowest BCUT2D eigenvalue weighted by molar-refractivity contribution is 0.0152. The van der Waals surface area contributed by atoms with Gasteiger partial charge in [0.25, 0.3) is 0 Å². The molecule has 0 bridgehead atoms. The fourth-order valence-corrected chi connectivity index (χ4v) is 3.02. The van der Waals surface area contributed by atoms with Crippen LogP contribution in [-0.4, -0.2) is 60.8 Å². The molecule has 1 N–H and O–H groups in total. The number of piperazine rings is 1. The van der Waals surface area contributed by atoms with E-state index in [1.807, 2.05) is 7.05 Å². The SMILES string of the molecule is CN1CCN(C)C(C(O)Cc2ccc(F)cc2Br)C1. The molecule has 0 radical (unpaired) electrons. The van der Waals surface area contributed by atoms with Gasteiger partial charge in [-0.3, -0.25) is 4.90 Å². The maximum atomic E-state index is 13.0. The number of aliphatic hydroxyl groups excluding tert-OH is 1. The summed E-state index contributed by atoms with van der Waals surface area (Å²) in [5.41, 5.74) is 0.940. The summed E-state index contributed by atoms with van der Waals surface area (Å²) < 4.78 is 13.8. The third kappa shape index (κ3) is 3.75. The summed E-state index contributed by atoms with van der Waals surface area (Å²) in [5, 5.41) is 10.4. The Kier molecular flexibility index (Phi) is 4.95. The molecule has 1 aliphatic heterocycles. The first kappa shape index (κ1) is 14.9. The Morgan fingerprint density at radius 3 is 2.84 bits per heavy atom. The molecule has 1 aliphatic rings. The second-order valence-corrected chi connectivity index (χ2v) is 6.17. The summed E-state index contributed by atoms with van der Waals surface area (Å²) >= 11 is 3.35. The highest BCUT2D eigenvalue weighted by Crippen LogP contribution is 2.22. The molecule has 2 atom stereocenters. The van der Waals surface area contributed by atoms with Crippen LogP contribution in [0.25, 0.3) is 0 Å². The highest BCUT2D eigenvalue weighted by Gasteiger charge is 2.28. The Labute approximate surface area is 122 Å². The van der Waals surface area contributed by atoms with Gasteiger partial charge in [0, 0.05) is 36.6 Å². The zero-order valence-electron chi connectivity index (χ0n) is 11.3. The second kappa shape index (κ2) is 6.31. The number of aliphatic hydroxyl groups is 1. The standard InChI is InChI=1S/C14H20BrFN2O/c1-17-5-6-18(2)13(9-17)14(19)7-10-3-4-11(16)8-12(10)15/h3-4,8,13-14,19H,5-7,9H2,1-2H3. The van der Waals surface area contributed by atoms with Crippen LogP contribution < -0.4 is 0 Å². The Hall–Kier alpha value is -0.490. The van der Waals surface area contributed by atoms with Gasteiger partial charge in [0.05, 0.1) is 6.10 Å². The predicted molar refractivity (Wildman–Crippen MR) is 77.7 cm³/mol. The van der Waals surface area contributed by atoms with Crippen LogP contribution in [0.2, 0.25) is 0 Å². The van der Waals surface area contributed by atoms with Gasteiger partial charge in [0.2, 0.25) is 0 Å². The normalized spacial score (nSPS) is 23.5. The van der Waals surface area contributed by atoms with Gasteiger partial charge >= 0.3 is 0 Å². The number of halogens is 2. The molecule has 3 nitrogen and oxygen atoms in total. The summed E-state index contributed by atoms with van der Waals surface area (Å²) in [6, 6.07) is 4.73. The van der Waals surface area contributed by atoms with E-state index >= 15 is 0 Å². The summed E-state index contributed by atoms with van der Waals surface area (Å²) in [4.78, 5) is 4.43. The molecule has 0 amide bonds. The van der Waals surface area contributed by atoms with Crippen molar-refractivity contribution < 1.29 is 9.50 Å². The Balaban J connectivity index is 2.05. The van der Waals surface area contributed by atoms with E-state index in [2.05, 4.69) is 32.8 Å². The van der Waals surface area contributed by atoms with Crippen LogP contribution in [0.15, 0.2) is 22.7 Å². The molecule has 2 rings (SSSR count). The average Bonchev–Trinajstić information content (AvgIpc) is 2.35. The van der Waals surface area contributed by atoms with Gasteiger partial charge in [-0.15, -0.1) is 0 Å². The quantitative estimate of drug-likeness (QED) is 0.914. The van der Waals surface area contributed by atoms with E-state index in [4.69, 9.17) is 0 Å². The number of hydrogen-bond donors (Lipinski definition) is 1. The van der Waals surface area contributed by atoms with Gasteiger partial charge in [0.15, 0.2) is 0 Å². The molecule has 5 heteroatoms. The summed E-state index contributed by atoms with van der Waals surface area (Å²) in [7, 11) is 4.11. The molecule has 0 spiro atoms. The minimum absolute atomic E-state index is 0.121. The van der Waals surface area contributed by atoms with Crippen LogP contribution in [0.4, 0.5) is 4.39 Å². The van der Waals surface area contributed by atoms with Crippen molar-refractivity contribution in [1.29, 1.82) is 0 Å². The third-order valence-corrected chi connectivity index (χ3v) is 4.53. The van der Waals surface area contributed by atoms with Gasteiger partial charge in [0.1, 0.15) is 5.82 Å². The molecule has 0 saturated carbocycles. The van der Waals surface area contributed by atoms with Gasteiger partial charge in [-0.05, 0) is 31.8 Å². The first-order valence-corrected chi connectivity index (χ1v) is 7.27. The lowest BCUT2D eigenvalue weighted by Crippen LogP contribution is -2.55. The zero-order chi connectivity index (χ0) is 14.0. The smallest absolute Gasteiger partial charge is 0.124 e. The van der Waals surface area contributed by atoms with Crippen molar-refractivity contribution in [2.75, 3.05) is 33.7 Å². The van der Waals surface area contributed by atoms with Crippen molar-refractivity contribution in [1.82, 2.24) is 9.80 Å². The molecule has 1 fully saturated rings. The van der Waals surface area contributed by atoms with Crippen LogP contribution in [-0.2, 0) is 6.42 Å². The van der Waals surface area contributed by atoms with Gasteiger partial charge in [-0.1, -0.05) is 22.0 Å². The van der Waals surface area contributed by atoms with Crippen molar-refractivity contribution in [3.63, 3.8) is 0 Å². The molecular formula is C14H20BrFN2O. The molecule has 0 aliphatic carbocycles. The van der Waals surface area contributed by atoms with Crippen LogP contribution in [0.1, 0.15) is 5.56 Å². The first-order chi connectivity index (χ1) is 8.97. The molecular weight excluding hydrogens is 311 g/mol. The fraction of sp³-hybridized carbons (Fsp3) is 0.571. The third-order valence-electron chi connectivity index (χ3n) is 3.79. The number of rotatable bonds is 3. The summed E-state index contributed by atoms with van der Waals surface area (Å²) in [5.74, 6) is -0.264. The van der Waals surface area contributed by atoms with Crippen molar-refractivity contribution in [3.05, 3.63) is 34.1 Å². The van der Waals surface area contributed by atoms with Crippen LogP contribution in [0.5, 0.6) is 0 Å². The highest BCUT2D eigenvalue weighted by molar-refractivity contribution is 9.10. The van der Waals surface area contributed by atoms with Gasteiger partial charge in [-0.2, -0.15) is 0 Å². The van der Waals surface area contributed by atoms with Crippen molar-refractivity contribution in [2.45, 2.75) is 18.6 Å². The number of hydrogen-bond acceptors (Lipinski definition) is 3. The monoisotopic (exact) mass is 330 g/mol. The van der Waals surface area contributed by atoms with Gasteiger partial charge in [-0.25, -0.2) is 4.39 Å². The van der Waals surface area contributed by atoms with Crippen molar-refractivity contribution >= 4 is 15.9 Å². The Morgan fingerprint density at radius 2 is 2.16 bits per heavy atom.